The summed E-state index contributed by atoms with van der Waals surface area (Å²) in [6.45, 7) is 0. The fourth-order valence-corrected chi connectivity index (χ4v) is 4.41. The van der Waals surface area contributed by atoms with Crippen LogP contribution < -0.4 is 9.78 Å². The van der Waals surface area contributed by atoms with Gasteiger partial charge in [0.05, 0.1) is 0 Å². The molecular formula is C15H13NO2Se. The van der Waals surface area contributed by atoms with Gasteiger partial charge in [-0.25, -0.2) is 0 Å². The van der Waals surface area contributed by atoms with E-state index in [9.17, 15) is 8.63 Å². The van der Waals surface area contributed by atoms with Crippen LogP contribution in [0.15, 0.2) is 48.5 Å². The molecule has 0 aromatic heterocycles. The van der Waals surface area contributed by atoms with E-state index in [1.807, 2.05) is 36.4 Å². The Labute approximate surface area is 115 Å². The van der Waals surface area contributed by atoms with Crippen LogP contribution in [0.2, 0.25) is 0 Å². The number of carbonyl (C=O) groups is 1. The summed E-state index contributed by atoms with van der Waals surface area (Å²) in [6.07, 6.45) is 0.385. The average molecular weight is 318 g/mol. The van der Waals surface area contributed by atoms with Crippen molar-refractivity contribution in [3.63, 3.8) is 0 Å². The number of ketones is 1. The van der Waals surface area contributed by atoms with E-state index >= 15 is 0 Å². The number of carbonyl (C=O) groups excluding carboxylic acids is 1. The van der Waals surface area contributed by atoms with Gasteiger partial charge in [-0.15, -0.1) is 0 Å². The van der Waals surface area contributed by atoms with Crippen molar-refractivity contribution in [1.82, 2.24) is 0 Å². The number of benzene rings is 2. The van der Waals surface area contributed by atoms with Crippen LogP contribution in [0.1, 0.15) is 15.9 Å². The molecule has 2 aromatic rings. The predicted molar refractivity (Wildman–Crippen MR) is 75.5 cm³/mol. The van der Waals surface area contributed by atoms with Gasteiger partial charge in [0.1, 0.15) is 0 Å². The second kappa shape index (κ2) is 5.08. The molecule has 3 nitrogen and oxygen atoms in total. The third kappa shape index (κ3) is 2.50. The van der Waals surface area contributed by atoms with Crippen molar-refractivity contribution in [2.75, 3.05) is 10.8 Å². The molecule has 1 atom stereocenters. The number of hydrogen-bond donors (Lipinski definition) is 1. The molecule has 4 heteroatoms. The van der Waals surface area contributed by atoms with E-state index in [-0.39, 0.29) is 5.78 Å². The molecule has 2 aromatic carbocycles. The van der Waals surface area contributed by atoms with Crippen molar-refractivity contribution < 1.29 is 8.63 Å². The Kier molecular flexibility index (Phi) is 3.28. The minimum absolute atomic E-state index is 0.0692. The minimum atomic E-state index is -1.98. The van der Waals surface area contributed by atoms with Gasteiger partial charge in [0.15, 0.2) is 0 Å². The molecule has 0 bridgehead atoms. The first-order valence-electron chi connectivity index (χ1n) is 6.07. The molecule has 0 spiro atoms. The van der Waals surface area contributed by atoms with Crippen LogP contribution in [0, 0.1) is 0 Å². The molecule has 1 aliphatic heterocycles. The van der Waals surface area contributed by atoms with E-state index < -0.39 is 13.8 Å². The first kappa shape index (κ1) is 12.3. The standard InChI is InChI=1S/C15H13NO2Se/c17-14(8-11-4-2-1-3-5-11)12-6-7-13-15(9-12)19(18)10-16-13/h1-7,9,16H,8,10H2. The summed E-state index contributed by atoms with van der Waals surface area (Å²) in [4.78, 5) is 12.2. The summed E-state index contributed by atoms with van der Waals surface area (Å²) in [6, 6.07) is 15.1. The fourth-order valence-electron chi connectivity index (χ4n) is 2.13. The van der Waals surface area contributed by atoms with Crippen molar-refractivity contribution in [2.24, 2.45) is 0 Å². The van der Waals surface area contributed by atoms with Gasteiger partial charge in [0.25, 0.3) is 0 Å². The Balaban J connectivity index is 1.85. The van der Waals surface area contributed by atoms with Crippen LogP contribution in [-0.4, -0.2) is 25.1 Å². The maximum absolute atomic E-state index is 12.2. The van der Waals surface area contributed by atoms with Crippen molar-refractivity contribution >= 4 is 29.8 Å². The Bertz CT molecular complexity index is 652. The molecule has 3 rings (SSSR count). The van der Waals surface area contributed by atoms with E-state index in [0.29, 0.717) is 17.4 Å². The van der Waals surface area contributed by atoms with E-state index in [1.165, 1.54) is 0 Å². The summed E-state index contributed by atoms with van der Waals surface area (Å²) >= 11 is -1.98. The van der Waals surface area contributed by atoms with E-state index in [0.717, 1.165) is 15.7 Å². The third-order valence-electron chi connectivity index (χ3n) is 3.15. The SMILES string of the molecule is O=C(Cc1ccccc1)c1ccc2c(c1)[Se](=O)CN2. The Morgan fingerprint density at radius 2 is 1.95 bits per heavy atom. The summed E-state index contributed by atoms with van der Waals surface area (Å²) in [5, 5.41) is 3.10. The molecule has 1 N–H and O–H groups in total. The van der Waals surface area contributed by atoms with Crippen molar-refractivity contribution in [1.29, 1.82) is 0 Å². The van der Waals surface area contributed by atoms with E-state index in [2.05, 4.69) is 5.32 Å². The summed E-state index contributed by atoms with van der Waals surface area (Å²) in [5.74, 6) is 0.0692. The van der Waals surface area contributed by atoms with Gasteiger partial charge in [0, 0.05) is 0 Å². The molecule has 1 heterocycles. The van der Waals surface area contributed by atoms with E-state index in [4.69, 9.17) is 0 Å². The quantitative estimate of drug-likeness (QED) is 0.692. The third-order valence-corrected chi connectivity index (χ3v) is 5.74. The Morgan fingerprint density at radius 1 is 1.16 bits per heavy atom. The fraction of sp³-hybridized carbons (Fsp3) is 0.133. The molecule has 0 saturated carbocycles. The second-order valence-corrected chi connectivity index (χ2v) is 7.44. The molecular weight excluding hydrogens is 305 g/mol. The van der Waals surface area contributed by atoms with Gasteiger partial charge in [-0.1, -0.05) is 0 Å². The van der Waals surface area contributed by atoms with Gasteiger partial charge in [0.2, 0.25) is 0 Å². The number of hydrogen-bond acceptors (Lipinski definition) is 3. The van der Waals surface area contributed by atoms with Crippen LogP contribution in [0.3, 0.4) is 0 Å². The molecule has 0 aliphatic carbocycles. The number of fused-ring (bicyclic) bond motifs is 1. The van der Waals surface area contributed by atoms with Crippen LogP contribution in [-0.2, 0) is 10.3 Å². The Morgan fingerprint density at radius 3 is 2.74 bits per heavy atom. The normalized spacial score (nSPS) is 16.7. The molecule has 0 amide bonds. The first-order valence-corrected chi connectivity index (χ1v) is 8.84. The van der Waals surface area contributed by atoms with Crippen LogP contribution in [0.25, 0.3) is 0 Å². The van der Waals surface area contributed by atoms with Gasteiger partial charge >= 0.3 is 115 Å². The van der Waals surface area contributed by atoms with Gasteiger partial charge in [-0.3, -0.25) is 0 Å². The molecule has 1 unspecified atom stereocenters. The average Bonchev–Trinajstić information content (AvgIpc) is 2.81. The van der Waals surface area contributed by atoms with Gasteiger partial charge in [-0.05, 0) is 0 Å². The monoisotopic (exact) mass is 319 g/mol. The van der Waals surface area contributed by atoms with Crippen molar-refractivity contribution in [3.8, 4) is 0 Å². The Hall–Kier alpha value is -1.77. The zero-order valence-electron chi connectivity index (χ0n) is 10.3. The van der Waals surface area contributed by atoms with E-state index in [1.54, 1.807) is 12.1 Å². The topological polar surface area (TPSA) is 46.2 Å². The predicted octanol–water partition coefficient (Wildman–Crippen LogP) is 1.71. The van der Waals surface area contributed by atoms with Gasteiger partial charge in [-0.2, -0.15) is 0 Å². The first-order chi connectivity index (χ1) is 9.24. The molecule has 1 aliphatic rings. The van der Waals surface area contributed by atoms with Crippen LogP contribution in [0.4, 0.5) is 5.69 Å². The molecule has 0 fully saturated rings. The number of Topliss-reactive ketones (excluding diaryl/α,β-unsaturated/α-hetero) is 1. The summed E-state index contributed by atoms with van der Waals surface area (Å²) in [5.41, 5.74) is 3.10. The van der Waals surface area contributed by atoms with Crippen LogP contribution in [0.5, 0.6) is 0 Å². The molecule has 0 saturated heterocycles. The summed E-state index contributed by atoms with van der Waals surface area (Å²) in [7, 11) is 0. The maximum atomic E-state index is 12.2. The molecule has 96 valence electrons. The van der Waals surface area contributed by atoms with Crippen molar-refractivity contribution in [2.45, 2.75) is 6.42 Å². The van der Waals surface area contributed by atoms with Crippen LogP contribution >= 0.6 is 0 Å². The molecule has 0 radical (unpaired) electrons. The number of rotatable bonds is 3. The molecule has 19 heavy (non-hydrogen) atoms. The second-order valence-electron chi connectivity index (χ2n) is 4.46. The zero-order chi connectivity index (χ0) is 13.2. The number of anilines is 1. The van der Waals surface area contributed by atoms with Crippen molar-refractivity contribution in [3.05, 3.63) is 59.7 Å². The number of nitrogens with one attached hydrogen (secondary N) is 1. The zero-order valence-corrected chi connectivity index (χ0v) is 12.0. The summed E-state index contributed by atoms with van der Waals surface area (Å²) < 4.78 is 12.7. The van der Waals surface area contributed by atoms with Gasteiger partial charge < -0.3 is 0 Å².